The van der Waals surface area contributed by atoms with Crippen molar-refractivity contribution in [3.63, 3.8) is 0 Å². The highest BCUT2D eigenvalue weighted by atomic mass is 16.1. The Balaban J connectivity index is 2.59. The summed E-state index contributed by atoms with van der Waals surface area (Å²) >= 11 is 0. The lowest BCUT2D eigenvalue weighted by Crippen LogP contribution is -2.22. The second kappa shape index (κ2) is 3.41. The first-order valence-corrected chi connectivity index (χ1v) is 4.25. The highest BCUT2D eigenvalue weighted by Gasteiger charge is 2.01. The molecule has 2 aromatic heterocycles. The minimum absolute atomic E-state index is 0.181. The molecule has 76 valence electrons. The Morgan fingerprint density at radius 3 is 2.47 bits per heavy atom. The summed E-state index contributed by atoms with van der Waals surface area (Å²) in [6.07, 6.45) is 1.51. The average molecular weight is 203 g/mol. The molecule has 0 aliphatic carbocycles. The lowest BCUT2D eigenvalue weighted by molar-refractivity contribution is 0.888. The van der Waals surface area contributed by atoms with Crippen LogP contribution < -0.4 is 17.2 Å². The van der Waals surface area contributed by atoms with Crippen molar-refractivity contribution in [3.8, 4) is 5.82 Å². The van der Waals surface area contributed by atoms with E-state index in [0.717, 1.165) is 0 Å². The van der Waals surface area contributed by atoms with Gasteiger partial charge in [0.15, 0.2) is 0 Å². The Bertz CT molecular complexity index is 548. The number of rotatable bonds is 1. The molecule has 0 unspecified atom stereocenters. The number of nitrogens with two attached hydrogens (primary N) is 2. The van der Waals surface area contributed by atoms with Crippen LogP contribution in [0.4, 0.5) is 11.6 Å². The van der Waals surface area contributed by atoms with E-state index in [2.05, 4.69) is 9.97 Å². The van der Waals surface area contributed by atoms with Gasteiger partial charge in [-0.05, 0) is 18.2 Å². The average Bonchev–Trinajstić information content (AvgIpc) is 2.17. The molecule has 2 heterocycles. The Labute approximate surface area is 85.2 Å². The minimum atomic E-state index is -0.479. The predicted molar refractivity (Wildman–Crippen MR) is 56.5 cm³/mol. The molecule has 0 amide bonds. The predicted octanol–water partition coefficient (Wildman–Crippen LogP) is -0.208. The molecule has 0 saturated heterocycles. The zero-order chi connectivity index (χ0) is 10.8. The Kier molecular flexibility index (Phi) is 2.09. The van der Waals surface area contributed by atoms with Gasteiger partial charge in [0.1, 0.15) is 17.5 Å². The number of nitrogen functional groups attached to an aromatic ring is 2. The molecule has 4 N–H and O–H groups in total. The van der Waals surface area contributed by atoms with E-state index in [1.54, 1.807) is 18.2 Å². The van der Waals surface area contributed by atoms with Crippen molar-refractivity contribution in [2.45, 2.75) is 0 Å². The number of pyridine rings is 1. The van der Waals surface area contributed by atoms with Crippen LogP contribution in [0.25, 0.3) is 5.82 Å². The van der Waals surface area contributed by atoms with E-state index in [4.69, 9.17) is 11.5 Å². The smallest absolute Gasteiger partial charge is 0.355 e. The first-order chi connectivity index (χ1) is 7.16. The molecule has 0 radical (unpaired) electrons. The van der Waals surface area contributed by atoms with E-state index in [0.29, 0.717) is 11.6 Å². The molecular formula is C9H9N5O. The van der Waals surface area contributed by atoms with Crippen LogP contribution in [0.2, 0.25) is 0 Å². The summed E-state index contributed by atoms with van der Waals surface area (Å²) in [5, 5.41) is 0. The highest BCUT2D eigenvalue weighted by molar-refractivity contribution is 5.36. The normalized spacial score (nSPS) is 10.1. The third-order valence-corrected chi connectivity index (χ3v) is 1.83. The third-order valence-electron chi connectivity index (χ3n) is 1.83. The summed E-state index contributed by atoms with van der Waals surface area (Å²) in [5.74, 6) is 0.948. The quantitative estimate of drug-likeness (QED) is 0.668. The molecular weight excluding hydrogens is 194 g/mol. The molecule has 15 heavy (non-hydrogen) atoms. The standard InChI is InChI=1S/C9H9N5O/c10-6-2-1-3-8(12-6)14-5-4-7(11)13-9(14)15/h1-5H,(H2,10,12)(H2,11,13,15). The topological polar surface area (TPSA) is 99.8 Å². The Morgan fingerprint density at radius 2 is 1.80 bits per heavy atom. The van der Waals surface area contributed by atoms with Gasteiger partial charge in [-0.2, -0.15) is 4.98 Å². The molecule has 6 nitrogen and oxygen atoms in total. The molecule has 0 aromatic carbocycles. The number of hydrogen-bond acceptors (Lipinski definition) is 5. The van der Waals surface area contributed by atoms with Crippen molar-refractivity contribution in [1.82, 2.24) is 14.5 Å². The van der Waals surface area contributed by atoms with Crippen molar-refractivity contribution in [2.75, 3.05) is 11.5 Å². The van der Waals surface area contributed by atoms with Crippen LogP contribution in [0.1, 0.15) is 0 Å². The van der Waals surface area contributed by atoms with Gasteiger partial charge in [-0.15, -0.1) is 0 Å². The van der Waals surface area contributed by atoms with Crippen molar-refractivity contribution in [1.29, 1.82) is 0 Å². The van der Waals surface area contributed by atoms with E-state index in [1.165, 1.54) is 16.8 Å². The van der Waals surface area contributed by atoms with Crippen molar-refractivity contribution in [2.24, 2.45) is 0 Å². The maximum Gasteiger partial charge on any atom is 0.355 e. The molecule has 0 fully saturated rings. The van der Waals surface area contributed by atoms with Gasteiger partial charge >= 0.3 is 5.69 Å². The molecule has 0 saturated carbocycles. The number of hydrogen-bond donors (Lipinski definition) is 2. The maximum atomic E-state index is 11.4. The molecule has 2 rings (SSSR count). The van der Waals surface area contributed by atoms with Crippen molar-refractivity contribution in [3.05, 3.63) is 40.9 Å². The first kappa shape index (κ1) is 9.20. The maximum absolute atomic E-state index is 11.4. The summed E-state index contributed by atoms with van der Waals surface area (Å²) in [5.41, 5.74) is 10.4. The Morgan fingerprint density at radius 1 is 1.07 bits per heavy atom. The van der Waals surface area contributed by atoms with E-state index in [-0.39, 0.29) is 5.82 Å². The van der Waals surface area contributed by atoms with Gasteiger partial charge in [0.05, 0.1) is 0 Å². The molecule has 2 aromatic rings. The van der Waals surface area contributed by atoms with Crippen LogP contribution in [-0.4, -0.2) is 14.5 Å². The fourth-order valence-electron chi connectivity index (χ4n) is 1.16. The summed E-state index contributed by atoms with van der Waals surface area (Å²) in [4.78, 5) is 19.0. The van der Waals surface area contributed by atoms with Crippen LogP contribution >= 0.6 is 0 Å². The molecule has 6 heteroatoms. The fraction of sp³-hybridized carbons (Fsp3) is 0. The number of aromatic nitrogens is 3. The SMILES string of the molecule is Nc1cccc(-n2ccc(N)nc2=O)n1. The van der Waals surface area contributed by atoms with Gasteiger partial charge in [0, 0.05) is 6.20 Å². The lowest BCUT2D eigenvalue weighted by Gasteiger charge is -2.03. The summed E-state index contributed by atoms with van der Waals surface area (Å²) in [7, 11) is 0. The number of anilines is 2. The summed E-state index contributed by atoms with van der Waals surface area (Å²) in [6, 6.07) is 6.53. The molecule has 0 aliphatic heterocycles. The van der Waals surface area contributed by atoms with Crippen LogP contribution in [0.15, 0.2) is 35.3 Å². The van der Waals surface area contributed by atoms with Gasteiger partial charge in [0.25, 0.3) is 0 Å². The fourth-order valence-corrected chi connectivity index (χ4v) is 1.16. The van der Waals surface area contributed by atoms with Crippen molar-refractivity contribution >= 4 is 11.6 Å². The summed E-state index contributed by atoms with van der Waals surface area (Å²) in [6.45, 7) is 0. The minimum Gasteiger partial charge on any atom is -0.384 e. The Hall–Kier alpha value is -2.37. The van der Waals surface area contributed by atoms with Crippen LogP contribution in [-0.2, 0) is 0 Å². The monoisotopic (exact) mass is 203 g/mol. The second-order valence-corrected chi connectivity index (χ2v) is 2.93. The third kappa shape index (κ3) is 1.78. The largest absolute Gasteiger partial charge is 0.384 e. The van der Waals surface area contributed by atoms with Gasteiger partial charge < -0.3 is 11.5 Å². The van der Waals surface area contributed by atoms with E-state index in [9.17, 15) is 4.79 Å². The first-order valence-electron chi connectivity index (χ1n) is 4.25. The van der Waals surface area contributed by atoms with Crippen LogP contribution in [0.5, 0.6) is 0 Å². The van der Waals surface area contributed by atoms with Gasteiger partial charge in [-0.1, -0.05) is 6.07 Å². The zero-order valence-electron chi connectivity index (χ0n) is 7.79. The molecule has 0 aliphatic rings. The van der Waals surface area contributed by atoms with E-state index >= 15 is 0 Å². The molecule has 0 spiro atoms. The molecule has 0 bridgehead atoms. The molecule has 0 atom stereocenters. The van der Waals surface area contributed by atoms with Crippen molar-refractivity contribution < 1.29 is 0 Å². The zero-order valence-corrected chi connectivity index (χ0v) is 7.79. The number of nitrogens with zero attached hydrogens (tertiary/aromatic N) is 3. The summed E-state index contributed by atoms with van der Waals surface area (Å²) < 4.78 is 1.27. The van der Waals surface area contributed by atoms with E-state index < -0.39 is 5.69 Å². The van der Waals surface area contributed by atoms with Crippen LogP contribution in [0, 0.1) is 0 Å². The van der Waals surface area contributed by atoms with Gasteiger partial charge in [0.2, 0.25) is 0 Å². The lowest BCUT2D eigenvalue weighted by atomic mass is 10.4. The highest BCUT2D eigenvalue weighted by Crippen LogP contribution is 2.04. The van der Waals surface area contributed by atoms with Gasteiger partial charge in [-0.25, -0.2) is 9.78 Å². The van der Waals surface area contributed by atoms with Gasteiger partial charge in [-0.3, -0.25) is 4.57 Å². The van der Waals surface area contributed by atoms with E-state index in [1.807, 2.05) is 0 Å². The second-order valence-electron chi connectivity index (χ2n) is 2.93. The van der Waals surface area contributed by atoms with Crippen LogP contribution in [0.3, 0.4) is 0 Å².